The second kappa shape index (κ2) is 3.65. The fraction of sp³-hybridized carbons (Fsp3) is 0.615. The minimum atomic E-state index is 0.183. The number of carbonyl (C=O) groups is 1. The Labute approximate surface area is 95.2 Å². The van der Waals surface area contributed by atoms with Crippen LogP contribution in [0.1, 0.15) is 43.6 Å². The lowest BCUT2D eigenvalue weighted by Crippen LogP contribution is -2.31. The molecule has 0 spiro atoms. The molecule has 0 aliphatic heterocycles. The van der Waals surface area contributed by atoms with Gasteiger partial charge in [0.15, 0.2) is 0 Å². The quantitative estimate of drug-likeness (QED) is 0.830. The zero-order valence-corrected chi connectivity index (χ0v) is 9.53. The van der Waals surface area contributed by atoms with Gasteiger partial charge in [-0.15, -0.1) is 0 Å². The summed E-state index contributed by atoms with van der Waals surface area (Å²) in [4.78, 5) is 11.9. The Bertz CT molecular complexity index is 410. The Balaban J connectivity index is 1.70. The summed E-state index contributed by atoms with van der Waals surface area (Å²) in [5.41, 5.74) is 1.19. The van der Waals surface area contributed by atoms with E-state index in [2.05, 4.69) is 12.2 Å². The van der Waals surface area contributed by atoms with Crippen LogP contribution in [0.15, 0.2) is 16.7 Å². The highest BCUT2D eigenvalue weighted by Crippen LogP contribution is 2.39. The van der Waals surface area contributed by atoms with Crippen molar-refractivity contribution in [2.24, 2.45) is 11.8 Å². The average Bonchev–Trinajstić information content (AvgIpc) is 2.81. The Hall–Kier alpha value is -1.25. The van der Waals surface area contributed by atoms with Gasteiger partial charge in [-0.2, -0.15) is 0 Å². The first-order valence-corrected chi connectivity index (χ1v) is 6.12. The van der Waals surface area contributed by atoms with E-state index in [1.54, 1.807) is 6.26 Å². The average molecular weight is 219 g/mol. The van der Waals surface area contributed by atoms with Crippen LogP contribution >= 0.6 is 0 Å². The van der Waals surface area contributed by atoms with Crippen LogP contribution in [0.4, 0.5) is 0 Å². The highest BCUT2D eigenvalue weighted by molar-refractivity contribution is 5.81. The van der Waals surface area contributed by atoms with Gasteiger partial charge in [-0.05, 0) is 31.2 Å². The lowest BCUT2D eigenvalue weighted by molar-refractivity contribution is -0.123. The van der Waals surface area contributed by atoms with Gasteiger partial charge in [0.1, 0.15) is 5.76 Å². The number of hydrogen-bond acceptors (Lipinski definition) is 2. The first kappa shape index (κ1) is 9.94. The molecule has 0 aromatic carbocycles. The monoisotopic (exact) mass is 219 g/mol. The Morgan fingerprint density at radius 1 is 1.56 bits per heavy atom. The molecular formula is C13H17NO2. The molecule has 1 N–H and O–H groups in total. The number of amides is 1. The Kier molecular flexibility index (Phi) is 2.27. The normalized spacial score (nSPS) is 31.9. The summed E-state index contributed by atoms with van der Waals surface area (Å²) in [6.07, 6.45) is 5.94. The summed E-state index contributed by atoms with van der Waals surface area (Å²) < 4.78 is 5.41. The van der Waals surface area contributed by atoms with Gasteiger partial charge < -0.3 is 9.73 Å². The molecule has 2 aliphatic rings. The van der Waals surface area contributed by atoms with Crippen LogP contribution in [0.2, 0.25) is 0 Å². The Morgan fingerprint density at radius 2 is 2.38 bits per heavy atom. The van der Waals surface area contributed by atoms with Crippen LogP contribution in [0.5, 0.6) is 0 Å². The van der Waals surface area contributed by atoms with Crippen LogP contribution in [-0.2, 0) is 11.2 Å². The largest absolute Gasteiger partial charge is 0.469 e. The zero-order valence-electron chi connectivity index (χ0n) is 9.53. The van der Waals surface area contributed by atoms with Crippen molar-refractivity contribution < 1.29 is 9.21 Å². The molecule has 16 heavy (non-hydrogen) atoms. The summed E-state index contributed by atoms with van der Waals surface area (Å²) in [5.74, 6) is 2.12. The predicted octanol–water partition coefficient (Wildman–Crippen LogP) is 2.43. The van der Waals surface area contributed by atoms with Gasteiger partial charge >= 0.3 is 0 Å². The molecule has 3 atom stereocenters. The Morgan fingerprint density at radius 3 is 3.12 bits per heavy atom. The van der Waals surface area contributed by atoms with Gasteiger partial charge in [-0.1, -0.05) is 6.92 Å². The highest BCUT2D eigenvalue weighted by Gasteiger charge is 2.40. The number of fused-ring (bicyclic) bond motifs is 1. The fourth-order valence-corrected chi connectivity index (χ4v) is 2.60. The van der Waals surface area contributed by atoms with E-state index in [9.17, 15) is 4.79 Å². The van der Waals surface area contributed by atoms with Crippen molar-refractivity contribution in [3.63, 3.8) is 0 Å². The standard InChI is InChI=1S/C13H17NO2/c1-8-7-10(8)13(15)14-11-3-2-4-12-9(11)5-6-16-12/h5-6,8,10-11H,2-4,7H2,1H3,(H,14,15). The van der Waals surface area contributed by atoms with E-state index in [0.29, 0.717) is 5.92 Å². The molecule has 1 fully saturated rings. The number of carbonyl (C=O) groups excluding carboxylic acids is 1. The summed E-state index contributed by atoms with van der Waals surface area (Å²) in [6.45, 7) is 2.13. The van der Waals surface area contributed by atoms with Crippen molar-refractivity contribution in [3.05, 3.63) is 23.7 Å². The first-order valence-electron chi connectivity index (χ1n) is 6.12. The van der Waals surface area contributed by atoms with E-state index in [-0.39, 0.29) is 17.9 Å². The van der Waals surface area contributed by atoms with Crippen LogP contribution in [0.3, 0.4) is 0 Å². The summed E-state index contributed by atoms with van der Waals surface area (Å²) in [5, 5.41) is 3.15. The number of aryl methyl sites for hydroxylation is 1. The molecule has 2 aliphatic carbocycles. The molecule has 0 radical (unpaired) electrons. The van der Waals surface area contributed by atoms with Crippen LogP contribution in [0, 0.1) is 11.8 Å². The van der Waals surface area contributed by atoms with E-state index in [0.717, 1.165) is 31.4 Å². The van der Waals surface area contributed by atoms with Crippen LogP contribution in [0.25, 0.3) is 0 Å². The van der Waals surface area contributed by atoms with E-state index in [4.69, 9.17) is 4.42 Å². The molecular weight excluding hydrogens is 202 g/mol. The van der Waals surface area contributed by atoms with Gasteiger partial charge in [0.25, 0.3) is 0 Å². The maximum atomic E-state index is 11.9. The van der Waals surface area contributed by atoms with E-state index < -0.39 is 0 Å². The maximum Gasteiger partial charge on any atom is 0.223 e. The maximum absolute atomic E-state index is 11.9. The van der Waals surface area contributed by atoms with Crippen LogP contribution in [-0.4, -0.2) is 5.91 Å². The highest BCUT2D eigenvalue weighted by atomic mass is 16.3. The zero-order chi connectivity index (χ0) is 11.1. The molecule has 86 valence electrons. The van der Waals surface area contributed by atoms with E-state index >= 15 is 0 Å². The summed E-state index contributed by atoms with van der Waals surface area (Å²) >= 11 is 0. The van der Waals surface area contributed by atoms with Crippen molar-refractivity contribution in [2.75, 3.05) is 0 Å². The number of nitrogens with one attached hydrogen (secondary N) is 1. The van der Waals surface area contributed by atoms with Crippen molar-refractivity contribution >= 4 is 5.91 Å². The molecule has 0 bridgehead atoms. The van der Waals surface area contributed by atoms with Crippen molar-refractivity contribution in [3.8, 4) is 0 Å². The van der Waals surface area contributed by atoms with Crippen molar-refractivity contribution in [2.45, 2.75) is 38.6 Å². The van der Waals surface area contributed by atoms with Crippen molar-refractivity contribution in [1.29, 1.82) is 0 Å². The van der Waals surface area contributed by atoms with Crippen molar-refractivity contribution in [1.82, 2.24) is 5.32 Å². The molecule has 3 heteroatoms. The minimum Gasteiger partial charge on any atom is -0.469 e. The molecule has 1 amide bonds. The fourth-order valence-electron chi connectivity index (χ4n) is 2.60. The van der Waals surface area contributed by atoms with Crippen LogP contribution < -0.4 is 5.32 Å². The molecule has 3 rings (SSSR count). The second-order valence-corrected chi connectivity index (χ2v) is 5.07. The molecule has 1 saturated carbocycles. The van der Waals surface area contributed by atoms with Gasteiger partial charge in [-0.3, -0.25) is 4.79 Å². The molecule has 0 saturated heterocycles. The smallest absolute Gasteiger partial charge is 0.223 e. The molecule has 1 aromatic heterocycles. The third kappa shape index (κ3) is 1.64. The van der Waals surface area contributed by atoms with E-state index in [1.807, 2.05) is 6.07 Å². The van der Waals surface area contributed by atoms with Gasteiger partial charge in [-0.25, -0.2) is 0 Å². The summed E-state index contributed by atoms with van der Waals surface area (Å²) in [7, 11) is 0. The number of furan rings is 1. The van der Waals surface area contributed by atoms with Gasteiger partial charge in [0.2, 0.25) is 5.91 Å². The minimum absolute atomic E-state index is 0.183. The van der Waals surface area contributed by atoms with Gasteiger partial charge in [0.05, 0.1) is 12.3 Å². The lowest BCUT2D eigenvalue weighted by Gasteiger charge is -2.22. The number of rotatable bonds is 2. The van der Waals surface area contributed by atoms with Gasteiger partial charge in [0, 0.05) is 17.9 Å². The third-order valence-electron chi connectivity index (χ3n) is 3.81. The SMILES string of the molecule is CC1CC1C(=O)NC1CCCc2occc21. The van der Waals surface area contributed by atoms with E-state index in [1.165, 1.54) is 5.56 Å². The lowest BCUT2D eigenvalue weighted by atomic mass is 9.93. The first-order chi connectivity index (χ1) is 7.75. The summed E-state index contributed by atoms with van der Waals surface area (Å²) in [6, 6.07) is 2.18. The predicted molar refractivity (Wildman–Crippen MR) is 59.8 cm³/mol. The third-order valence-corrected chi connectivity index (χ3v) is 3.81. The molecule has 1 aromatic rings. The topological polar surface area (TPSA) is 42.2 Å². The number of hydrogen-bond donors (Lipinski definition) is 1. The molecule has 3 unspecified atom stereocenters. The molecule has 3 nitrogen and oxygen atoms in total. The molecule has 1 heterocycles. The second-order valence-electron chi connectivity index (χ2n) is 5.07.